The van der Waals surface area contributed by atoms with E-state index < -0.39 is 0 Å². The number of nitrogens with two attached hydrogens (primary N) is 1. The lowest BCUT2D eigenvalue weighted by atomic mass is 10.3. The van der Waals surface area contributed by atoms with Crippen LogP contribution in [0.4, 0.5) is 5.69 Å². The van der Waals surface area contributed by atoms with E-state index in [1.165, 1.54) is 6.07 Å². The van der Waals surface area contributed by atoms with E-state index in [0.29, 0.717) is 5.75 Å². The minimum Gasteiger partial charge on any atom is -0.506 e. The molecule has 3 N–H and O–H groups in total. The first-order valence-electron chi connectivity index (χ1n) is 4.83. The number of nitrogens with zero attached hydrogens (tertiary/aromatic N) is 2. The number of pyridine rings is 1. The molecule has 5 nitrogen and oxygen atoms in total. The molecule has 2 rings (SSSR count). The third kappa shape index (κ3) is 2.26. The maximum atomic E-state index is 9.40. The lowest BCUT2D eigenvalue weighted by Gasteiger charge is -2.08. The molecule has 5 heteroatoms. The number of nitriles is 1. The van der Waals surface area contributed by atoms with Crippen LogP contribution < -0.4 is 10.5 Å². The summed E-state index contributed by atoms with van der Waals surface area (Å²) in [6.45, 7) is 0. The van der Waals surface area contributed by atoms with Crippen molar-refractivity contribution in [1.29, 1.82) is 5.26 Å². The van der Waals surface area contributed by atoms with Crippen LogP contribution in [0.5, 0.6) is 17.4 Å². The summed E-state index contributed by atoms with van der Waals surface area (Å²) in [7, 11) is 0. The maximum Gasteiger partial charge on any atom is 0.220 e. The van der Waals surface area contributed by atoms with E-state index in [9.17, 15) is 5.11 Å². The lowest BCUT2D eigenvalue weighted by Crippen LogP contribution is -1.94. The number of aromatic hydroxyl groups is 1. The van der Waals surface area contributed by atoms with Gasteiger partial charge in [0.2, 0.25) is 5.88 Å². The molecule has 0 saturated heterocycles. The molecular formula is C12H9N3O2. The zero-order valence-corrected chi connectivity index (χ0v) is 8.79. The van der Waals surface area contributed by atoms with Gasteiger partial charge in [-0.05, 0) is 18.2 Å². The van der Waals surface area contributed by atoms with Gasteiger partial charge < -0.3 is 15.6 Å². The van der Waals surface area contributed by atoms with Crippen LogP contribution >= 0.6 is 0 Å². The van der Waals surface area contributed by atoms with Gasteiger partial charge in [-0.15, -0.1) is 0 Å². The predicted molar refractivity (Wildman–Crippen MR) is 61.5 cm³/mol. The average molecular weight is 227 g/mol. The maximum absolute atomic E-state index is 9.40. The van der Waals surface area contributed by atoms with Crippen LogP contribution in [-0.4, -0.2) is 10.1 Å². The van der Waals surface area contributed by atoms with Crippen LogP contribution in [0.2, 0.25) is 0 Å². The van der Waals surface area contributed by atoms with Crippen LogP contribution in [0, 0.1) is 11.3 Å². The van der Waals surface area contributed by atoms with Gasteiger partial charge in [0, 0.05) is 6.07 Å². The van der Waals surface area contributed by atoms with Crippen molar-refractivity contribution in [3.05, 3.63) is 42.1 Å². The first kappa shape index (κ1) is 10.8. The van der Waals surface area contributed by atoms with Gasteiger partial charge in [0.1, 0.15) is 23.2 Å². The standard InChI is InChI=1S/C12H9N3O2/c13-7-8-3-1-6-11(15-8)17-10-5-2-4-9(16)12(10)14/h1-6,16H,14H2. The summed E-state index contributed by atoms with van der Waals surface area (Å²) < 4.78 is 5.39. The Morgan fingerprint density at radius 3 is 2.76 bits per heavy atom. The molecule has 0 unspecified atom stereocenters. The summed E-state index contributed by atoms with van der Waals surface area (Å²) in [4.78, 5) is 3.94. The molecule has 0 bridgehead atoms. The highest BCUT2D eigenvalue weighted by molar-refractivity contribution is 5.62. The number of nitrogen functional groups attached to an aromatic ring is 1. The molecule has 2 aromatic rings. The number of hydrogen-bond donors (Lipinski definition) is 2. The largest absolute Gasteiger partial charge is 0.506 e. The first-order valence-corrected chi connectivity index (χ1v) is 4.83. The second kappa shape index (κ2) is 4.41. The number of anilines is 1. The molecule has 0 fully saturated rings. The second-order valence-electron chi connectivity index (χ2n) is 3.26. The number of ether oxygens (including phenoxy) is 1. The van der Waals surface area contributed by atoms with E-state index in [1.54, 1.807) is 30.3 Å². The summed E-state index contributed by atoms with van der Waals surface area (Å²) >= 11 is 0. The van der Waals surface area contributed by atoms with Crippen LogP contribution in [0.15, 0.2) is 36.4 Å². The van der Waals surface area contributed by atoms with E-state index in [4.69, 9.17) is 15.7 Å². The Labute approximate surface area is 97.7 Å². The molecule has 0 atom stereocenters. The zero-order valence-electron chi connectivity index (χ0n) is 8.79. The van der Waals surface area contributed by atoms with Crippen molar-refractivity contribution < 1.29 is 9.84 Å². The topological polar surface area (TPSA) is 92.2 Å². The minimum absolute atomic E-state index is 0.0565. The molecule has 0 aliphatic rings. The van der Waals surface area contributed by atoms with Gasteiger partial charge in [-0.3, -0.25) is 0 Å². The number of phenolic OH excluding ortho intramolecular Hbond substituents is 1. The first-order chi connectivity index (χ1) is 8.20. The highest BCUT2D eigenvalue weighted by atomic mass is 16.5. The van der Waals surface area contributed by atoms with Gasteiger partial charge in [-0.25, -0.2) is 4.98 Å². The number of hydrogen-bond acceptors (Lipinski definition) is 5. The van der Waals surface area contributed by atoms with Crippen LogP contribution in [0.3, 0.4) is 0 Å². The highest BCUT2D eigenvalue weighted by Crippen LogP contribution is 2.32. The summed E-state index contributed by atoms with van der Waals surface area (Å²) in [5.41, 5.74) is 6.02. The van der Waals surface area contributed by atoms with Gasteiger partial charge in [0.05, 0.1) is 0 Å². The van der Waals surface area contributed by atoms with Gasteiger partial charge in [-0.2, -0.15) is 5.26 Å². The number of phenols is 1. The van der Waals surface area contributed by atoms with Crippen molar-refractivity contribution in [3.8, 4) is 23.4 Å². The molecular weight excluding hydrogens is 218 g/mol. The molecule has 1 aromatic carbocycles. The highest BCUT2D eigenvalue weighted by Gasteiger charge is 2.06. The quantitative estimate of drug-likeness (QED) is 0.605. The SMILES string of the molecule is N#Cc1cccc(Oc2cccc(O)c2N)n1. The second-order valence-corrected chi connectivity index (χ2v) is 3.26. The predicted octanol–water partition coefficient (Wildman–Crippen LogP) is 2.03. The van der Waals surface area contributed by atoms with Crippen LogP contribution in [-0.2, 0) is 0 Å². The monoisotopic (exact) mass is 227 g/mol. The van der Waals surface area contributed by atoms with Crippen LogP contribution in [0.25, 0.3) is 0 Å². The molecule has 84 valence electrons. The Hall–Kier alpha value is -2.74. The van der Waals surface area contributed by atoms with Crippen LogP contribution in [0.1, 0.15) is 5.69 Å². The lowest BCUT2D eigenvalue weighted by molar-refractivity contribution is 0.449. The van der Waals surface area contributed by atoms with Crippen molar-refractivity contribution in [2.45, 2.75) is 0 Å². The molecule has 0 radical (unpaired) electrons. The Bertz CT molecular complexity index is 591. The number of para-hydroxylation sites is 1. The van der Waals surface area contributed by atoms with Gasteiger partial charge in [-0.1, -0.05) is 12.1 Å². The van der Waals surface area contributed by atoms with Gasteiger partial charge in [0.15, 0.2) is 5.75 Å². The van der Waals surface area contributed by atoms with Crippen molar-refractivity contribution in [1.82, 2.24) is 4.98 Å². The molecule has 0 spiro atoms. The van der Waals surface area contributed by atoms with E-state index in [2.05, 4.69) is 4.98 Å². The fraction of sp³-hybridized carbons (Fsp3) is 0. The van der Waals surface area contributed by atoms with Crippen molar-refractivity contribution in [3.63, 3.8) is 0 Å². The minimum atomic E-state index is -0.0565. The summed E-state index contributed by atoms with van der Waals surface area (Å²) in [5.74, 6) is 0.493. The fourth-order valence-electron chi connectivity index (χ4n) is 1.27. The molecule has 17 heavy (non-hydrogen) atoms. The van der Waals surface area contributed by atoms with E-state index in [0.717, 1.165) is 0 Å². The van der Waals surface area contributed by atoms with Crippen molar-refractivity contribution in [2.75, 3.05) is 5.73 Å². The average Bonchev–Trinajstić information content (AvgIpc) is 2.35. The van der Waals surface area contributed by atoms with Gasteiger partial charge >= 0.3 is 0 Å². The van der Waals surface area contributed by atoms with E-state index in [1.807, 2.05) is 6.07 Å². The third-order valence-electron chi connectivity index (χ3n) is 2.10. The molecule has 1 aromatic heterocycles. The third-order valence-corrected chi connectivity index (χ3v) is 2.10. The smallest absolute Gasteiger partial charge is 0.220 e. The number of aromatic nitrogens is 1. The Morgan fingerprint density at radius 1 is 1.24 bits per heavy atom. The van der Waals surface area contributed by atoms with E-state index >= 15 is 0 Å². The van der Waals surface area contributed by atoms with E-state index in [-0.39, 0.29) is 23.0 Å². The molecule has 1 heterocycles. The molecule has 0 aliphatic heterocycles. The molecule has 0 saturated carbocycles. The molecule has 0 aliphatic carbocycles. The van der Waals surface area contributed by atoms with Crippen molar-refractivity contribution in [2.24, 2.45) is 0 Å². The van der Waals surface area contributed by atoms with Gasteiger partial charge in [0.25, 0.3) is 0 Å². The summed E-state index contributed by atoms with van der Waals surface area (Å²) in [6.07, 6.45) is 0. The fourth-order valence-corrected chi connectivity index (χ4v) is 1.27. The Morgan fingerprint density at radius 2 is 2.00 bits per heavy atom. The number of benzene rings is 1. The Balaban J connectivity index is 2.32. The van der Waals surface area contributed by atoms with Crippen molar-refractivity contribution >= 4 is 5.69 Å². The number of rotatable bonds is 2. The molecule has 0 amide bonds. The summed E-state index contributed by atoms with van der Waals surface area (Å²) in [6, 6.07) is 11.4. The summed E-state index contributed by atoms with van der Waals surface area (Å²) in [5, 5.41) is 18.1. The zero-order chi connectivity index (χ0) is 12.3. The normalized spacial score (nSPS) is 9.59. The Kier molecular flexibility index (Phi) is 2.79.